The lowest BCUT2D eigenvalue weighted by Crippen LogP contribution is -2.20. The van der Waals surface area contributed by atoms with Crippen LogP contribution in [0.4, 0.5) is 0 Å². The van der Waals surface area contributed by atoms with Crippen molar-refractivity contribution in [1.29, 1.82) is 0 Å². The monoisotopic (exact) mass is 324 g/mol. The summed E-state index contributed by atoms with van der Waals surface area (Å²) in [6.45, 7) is 23.1. The molecule has 0 spiro atoms. The van der Waals surface area contributed by atoms with Gasteiger partial charge in [0.1, 0.15) is 0 Å². The first-order chi connectivity index (χ1) is 11.6. The Kier molecular flexibility index (Phi) is 9.45. The standard InChI is InChI=1S/2C12H18/c2*1-4-10-7-8-11(5-2)12(6-3)9-10/h2*4-6,10-12H,1-3,7-9H2/t10-,11+,12-;10-,11-,12+/m10/s1. The molecule has 132 valence electrons. The molecule has 6 atom stereocenters. The Hall–Kier alpha value is -1.56. The predicted octanol–water partition coefficient (Wildman–Crippen LogP) is 7.15. The predicted molar refractivity (Wildman–Crippen MR) is 110 cm³/mol. The van der Waals surface area contributed by atoms with E-state index in [0.717, 1.165) is 0 Å². The van der Waals surface area contributed by atoms with Crippen LogP contribution in [0.5, 0.6) is 0 Å². The van der Waals surface area contributed by atoms with Crippen molar-refractivity contribution >= 4 is 0 Å². The minimum absolute atomic E-state index is 0.624. The highest BCUT2D eigenvalue weighted by atomic mass is 14.3. The first-order valence-corrected chi connectivity index (χ1v) is 9.38. The van der Waals surface area contributed by atoms with Crippen LogP contribution >= 0.6 is 0 Å². The van der Waals surface area contributed by atoms with E-state index in [0.29, 0.717) is 35.5 Å². The SMILES string of the molecule is C=C[C@@H]1CC[C@H](C=C)[C@H](C=C)C1.C=C[C@H]1CC[C@H](C=C)[C@H](C=C)C1. The van der Waals surface area contributed by atoms with Gasteiger partial charge in [0.15, 0.2) is 0 Å². The van der Waals surface area contributed by atoms with Crippen molar-refractivity contribution in [2.45, 2.75) is 38.5 Å². The maximum atomic E-state index is 3.87. The summed E-state index contributed by atoms with van der Waals surface area (Å²) in [4.78, 5) is 0. The van der Waals surface area contributed by atoms with E-state index in [1.807, 2.05) is 0 Å². The molecule has 2 aliphatic carbocycles. The summed E-state index contributed by atoms with van der Waals surface area (Å²) in [6, 6.07) is 0. The number of allylic oxidation sites excluding steroid dienone is 6. The maximum absolute atomic E-state index is 3.87. The van der Waals surface area contributed by atoms with Gasteiger partial charge in [-0.05, 0) is 74.0 Å². The summed E-state index contributed by atoms with van der Waals surface area (Å²) in [5.41, 5.74) is 0. The van der Waals surface area contributed by atoms with Crippen LogP contribution in [0.2, 0.25) is 0 Å². The molecule has 2 fully saturated rings. The molecule has 0 heterocycles. The lowest BCUT2D eigenvalue weighted by atomic mass is 9.74. The van der Waals surface area contributed by atoms with Crippen LogP contribution in [-0.2, 0) is 0 Å². The summed E-state index contributed by atoms with van der Waals surface area (Å²) in [6.07, 6.45) is 19.9. The summed E-state index contributed by atoms with van der Waals surface area (Å²) in [5, 5.41) is 0. The molecule has 0 unspecified atom stereocenters. The van der Waals surface area contributed by atoms with Crippen molar-refractivity contribution in [1.82, 2.24) is 0 Å². The van der Waals surface area contributed by atoms with Crippen LogP contribution < -0.4 is 0 Å². The van der Waals surface area contributed by atoms with Crippen LogP contribution in [0.25, 0.3) is 0 Å². The molecule has 0 N–H and O–H groups in total. The van der Waals surface area contributed by atoms with E-state index in [2.05, 4.69) is 75.9 Å². The molecule has 0 bridgehead atoms. The minimum Gasteiger partial charge on any atom is -0.103 e. The molecule has 0 saturated heterocycles. The average Bonchev–Trinajstić information content (AvgIpc) is 2.67. The highest BCUT2D eigenvalue weighted by Gasteiger charge is 2.25. The van der Waals surface area contributed by atoms with Gasteiger partial charge in [-0.3, -0.25) is 0 Å². The summed E-state index contributed by atoms with van der Waals surface area (Å²) in [5.74, 6) is 3.95. The van der Waals surface area contributed by atoms with Crippen LogP contribution in [0.3, 0.4) is 0 Å². The van der Waals surface area contributed by atoms with Crippen LogP contribution in [-0.4, -0.2) is 0 Å². The molecule has 0 aliphatic heterocycles. The Labute approximate surface area is 150 Å². The van der Waals surface area contributed by atoms with Gasteiger partial charge in [0.25, 0.3) is 0 Å². The summed E-state index contributed by atoms with van der Waals surface area (Å²) < 4.78 is 0. The molecule has 2 rings (SSSR count). The fraction of sp³-hybridized carbons (Fsp3) is 0.500. The quantitative estimate of drug-likeness (QED) is 0.455. The molecule has 0 heteroatoms. The second-order valence-corrected chi connectivity index (χ2v) is 7.22. The van der Waals surface area contributed by atoms with Crippen LogP contribution in [0.15, 0.2) is 75.9 Å². The molecule has 0 radical (unpaired) electrons. The van der Waals surface area contributed by atoms with Gasteiger partial charge >= 0.3 is 0 Å². The molecule has 0 aromatic rings. The molecule has 0 aromatic carbocycles. The molecule has 2 aliphatic rings. The first-order valence-electron chi connectivity index (χ1n) is 9.38. The van der Waals surface area contributed by atoms with E-state index in [1.165, 1.54) is 38.5 Å². The zero-order chi connectivity index (χ0) is 17.9. The molecular formula is C24H36. The van der Waals surface area contributed by atoms with Gasteiger partial charge in [-0.2, -0.15) is 0 Å². The number of hydrogen-bond acceptors (Lipinski definition) is 0. The number of rotatable bonds is 6. The van der Waals surface area contributed by atoms with Crippen molar-refractivity contribution in [3.63, 3.8) is 0 Å². The molecule has 2 saturated carbocycles. The Morgan fingerprint density at radius 1 is 0.417 bits per heavy atom. The Morgan fingerprint density at radius 3 is 1.00 bits per heavy atom. The summed E-state index contributed by atoms with van der Waals surface area (Å²) >= 11 is 0. The third kappa shape index (κ3) is 5.82. The topological polar surface area (TPSA) is 0 Å². The van der Waals surface area contributed by atoms with Gasteiger partial charge in [-0.15, -0.1) is 39.5 Å². The molecule has 24 heavy (non-hydrogen) atoms. The van der Waals surface area contributed by atoms with Gasteiger partial charge in [0.05, 0.1) is 0 Å². The largest absolute Gasteiger partial charge is 0.103 e. The normalized spacial score (nSPS) is 35.5. The maximum Gasteiger partial charge on any atom is -0.0168 e. The molecule has 0 nitrogen and oxygen atoms in total. The van der Waals surface area contributed by atoms with Crippen molar-refractivity contribution in [2.75, 3.05) is 0 Å². The first kappa shape index (κ1) is 20.5. The second kappa shape index (κ2) is 11.1. The Morgan fingerprint density at radius 2 is 0.750 bits per heavy atom. The second-order valence-electron chi connectivity index (χ2n) is 7.22. The molecule has 0 aromatic heterocycles. The van der Waals surface area contributed by atoms with E-state index in [9.17, 15) is 0 Å². The molecule has 0 amide bonds. The average molecular weight is 325 g/mol. The number of hydrogen-bond donors (Lipinski definition) is 0. The zero-order valence-corrected chi connectivity index (χ0v) is 15.4. The van der Waals surface area contributed by atoms with Crippen LogP contribution in [0, 0.1) is 35.5 Å². The van der Waals surface area contributed by atoms with E-state index < -0.39 is 0 Å². The summed E-state index contributed by atoms with van der Waals surface area (Å²) in [7, 11) is 0. The van der Waals surface area contributed by atoms with Crippen molar-refractivity contribution in [3.8, 4) is 0 Å². The van der Waals surface area contributed by atoms with Crippen LogP contribution in [0.1, 0.15) is 38.5 Å². The van der Waals surface area contributed by atoms with Gasteiger partial charge in [0, 0.05) is 0 Å². The highest BCUT2D eigenvalue weighted by Crippen LogP contribution is 2.36. The van der Waals surface area contributed by atoms with Crippen molar-refractivity contribution in [2.24, 2.45) is 35.5 Å². The van der Waals surface area contributed by atoms with Gasteiger partial charge in [0.2, 0.25) is 0 Å². The van der Waals surface area contributed by atoms with Gasteiger partial charge in [-0.25, -0.2) is 0 Å². The van der Waals surface area contributed by atoms with E-state index in [-0.39, 0.29) is 0 Å². The lowest BCUT2D eigenvalue weighted by molar-refractivity contribution is 0.288. The Bertz CT molecular complexity index is 399. The Balaban J connectivity index is 0.000000240. The van der Waals surface area contributed by atoms with Gasteiger partial charge < -0.3 is 0 Å². The fourth-order valence-electron chi connectivity index (χ4n) is 4.08. The highest BCUT2D eigenvalue weighted by molar-refractivity contribution is 5.00. The zero-order valence-electron chi connectivity index (χ0n) is 15.4. The van der Waals surface area contributed by atoms with E-state index >= 15 is 0 Å². The van der Waals surface area contributed by atoms with E-state index in [4.69, 9.17) is 0 Å². The fourth-order valence-corrected chi connectivity index (χ4v) is 4.08. The third-order valence-electron chi connectivity index (χ3n) is 5.87. The van der Waals surface area contributed by atoms with Gasteiger partial charge in [-0.1, -0.05) is 36.5 Å². The van der Waals surface area contributed by atoms with E-state index in [1.54, 1.807) is 0 Å². The smallest absolute Gasteiger partial charge is 0.0168 e. The van der Waals surface area contributed by atoms with Crippen molar-refractivity contribution in [3.05, 3.63) is 75.9 Å². The third-order valence-corrected chi connectivity index (χ3v) is 5.87. The molecular weight excluding hydrogens is 288 g/mol. The lowest BCUT2D eigenvalue weighted by Gasteiger charge is -2.31. The van der Waals surface area contributed by atoms with Crippen molar-refractivity contribution < 1.29 is 0 Å². The minimum atomic E-state index is 0.624.